The van der Waals surface area contributed by atoms with Crippen molar-refractivity contribution in [2.24, 2.45) is 0 Å². The maximum atomic E-state index is 3.56. The van der Waals surface area contributed by atoms with Crippen molar-refractivity contribution in [3.63, 3.8) is 0 Å². The number of rotatable bonds is 1. The second-order valence-corrected chi connectivity index (χ2v) is 9.63. The first-order chi connectivity index (χ1) is 10.5. The zero-order chi connectivity index (χ0) is 17.8. The van der Waals surface area contributed by atoms with Crippen molar-refractivity contribution in [2.75, 3.05) is 0 Å². The van der Waals surface area contributed by atoms with Crippen LogP contribution in [0.2, 0.25) is 13.1 Å². The van der Waals surface area contributed by atoms with Crippen LogP contribution in [0.3, 0.4) is 0 Å². The molecule has 151 valence electrons. The van der Waals surface area contributed by atoms with Crippen molar-refractivity contribution in [3.05, 3.63) is 73.6 Å². The van der Waals surface area contributed by atoms with Crippen molar-refractivity contribution in [3.8, 4) is 0 Å². The first-order valence-corrected chi connectivity index (χ1v) is 11.0. The van der Waals surface area contributed by atoms with E-state index in [2.05, 4.69) is 91.9 Å². The largest absolute Gasteiger partial charge is 4.00 e. The smallest absolute Gasteiger partial charge is 0.693 e. The Morgan fingerprint density at radius 2 is 1.44 bits per heavy atom. The molecule has 1 radical (unpaired) electrons. The fourth-order valence-electron chi connectivity index (χ4n) is 3.18. The Labute approximate surface area is 188 Å². The summed E-state index contributed by atoms with van der Waals surface area (Å²) in [5.41, 5.74) is 7.33. The second kappa shape index (κ2) is 13.7. The number of hydrogen-bond donors (Lipinski definition) is 0. The topological polar surface area (TPSA) is 33.5 Å². The summed E-state index contributed by atoms with van der Waals surface area (Å²) in [5, 5.41) is 0. The summed E-state index contributed by atoms with van der Waals surface area (Å²) in [5.74, 6) is 0. The summed E-state index contributed by atoms with van der Waals surface area (Å²) >= 11 is 0. The molecule has 0 saturated heterocycles. The van der Waals surface area contributed by atoms with Gasteiger partial charge in [0.1, 0.15) is 0 Å². The van der Waals surface area contributed by atoms with Gasteiger partial charge < -0.3 is 21.0 Å². The molecule has 0 unspecified atom stereocenters. The SMILES string of the molecule is C[SiH]C.Cc1c(C2=CC=CC2)[c-]cc(C(C)(C)C)c1C(C)(C)C.[CH3-].[CH3-].[NH2-].[Ti+4]. The van der Waals surface area contributed by atoms with Gasteiger partial charge in [-0.2, -0.15) is 0 Å². The van der Waals surface area contributed by atoms with Gasteiger partial charge in [-0.1, -0.05) is 73.7 Å². The van der Waals surface area contributed by atoms with Gasteiger partial charge in [0.15, 0.2) is 0 Å². The van der Waals surface area contributed by atoms with E-state index in [9.17, 15) is 0 Å². The molecule has 1 aromatic carbocycles. The minimum absolute atomic E-state index is 0. The quantitative estimate of drug-likeness (QED) is 0.327. The monoisotopic (exact) mass is 420 g/mol. The van der Waals surface area contributed by atoms with Crippen molar-refractivity contribution in [1.29, 1.82) is 0 Å². The van der Waals surface area contributed by atoms with Crippen LogP contribution in [0.25, 0.3) is 11.7 Å². The van der Waals surface area contributed by atoms with Crippen LogP contribution >= 0.6 is 0 Å². The molecule has 0 aromatic heterocycles. The molecule has 0 heterocycles. The zero-order valence-electron chi connectivity index (χ0n) is 19.7. The Balaban J connectivity index is -0.000000355. The van der Waals surface area contributed by atoms with Crippen LogP contribution in [0.15, 0.2) is 24.3 Å². The minimum atomic E-state index is 0. The Bertz CT molecular complexity index is 602. The Hall–Kier alpha value is -0.409. The molecule has 0 saturated carbocycles. The fourth-order valence-corrected chi connectivity index (χ4v) is 3.18. The van der Waals surface area contributed by atoms with Crippen LogP contribution < -0.4 is 0 Å². The van der Waals surface area contributed by atoms with E-state index in [1.54, 1.807) is 0 Å². The van der Waals surface area contributed by atoms with Gasteiger partial charge in [-0.25, -0.2) is 0 Å². The van der Waals surface area contributed by atoms with Crippen LogP contribution in [0.5, 0.6) is 0 Å². The summed E-state index contributed by atoms with van der Waals surface area (Å²) in [4.78, 5) is 0. The first kappa shape index (κ1) is 34.1. The van der Waals surface area contributed by atoms with Gasteiger partial charge in [0.05, 0.1) is 0 Å². The molecule has 27 heavy (non-hydrogen) atoms. The van der Waals surface area contributed by atoms with E-state index in [4.69, 9.17) is 0 Å². The molecular formula is C24H42NSiTi. The normalized spacial score (nSPS) is 12.3. The third-order valence-corrected chi connectivity index (χ3v) is 4.03. The van der Waals surface area contributed by atoms with Gasteiger partial charge in [-0.3, -0.25) is 0 Å². The summed E-state index contributed by atoms with van der Waals surface area (Å²) in [6.07, 6.45) is 7.63. The number of benzene rings is 1. The molecule has 1 aliphatic rings. The van der Waals surface area contributed by atoms with Crippen LogP contribution in [-0.2, 0) is 32.5 Å². The summed E-state index contributed by atoms with van der Waals surface area (Å²) in [6, 6.07) is 5.78. The Morgan fingerprint density at radius 1 is 0.963 bits per heavy atom. The maximum absolute atomic E-state index is 3.56. The van der Waals surface area contributed by atoms with E-state index in [0.29, 0.717) is 0 Å². The van der Waals surface area contributed by atoms with E-state index in [1.165, 1.54) is 27.8 Å². The van der Waals surface area contributed by atoms with Crippen LogP contribution in [0.4, 0.5) is 0 Å². The molecule has 0 bridgehead atoms. The molecule has 1 aliphatic carbocycles. The second-order valence-electron chi connectivity index (χ2n) is 8.48. The van der Waals surface area contributed by atoms with Crippen LogP contribution in [0.1, 0.15) is 70.2 Å². The van der Waals surface area contributed by atoms with Crippen molar-refractivity contribution >= 4 is 15.1 Å². The van der Waals surface area contributed by atoms with E-state index in [0.717, 1.165) is 15.9 Å². The molecule has 2 rings (SSSR count). The molecule has 0 fully saturated rings. The Morgan fingerprint density at radius 3 is 1.78 bits per heavy atom. The van der Waals surface area contributed by atoms with Gasteiger partial charge in [0.25, 0.3) is 0 Å². The van der Waals surface area contributed by atoms with E-state index in [1.807, 2.05) is 0 Å². The summed E-state index contributed by atoms with van der Waals surface area (Å²) in [6.45, 7) is 20.5. The molecule has 0 aliphatic heterocycles. The third-order valence-electron chi connectivity index (χ3n) is 4.03. The average Bonchev–Trinajstić information content (AvgIpc) is 2.90. The van der Waals surface area contributed by atoms with Crippen molar-refractivity contribution in [2.45, 2.75) is 78.8 Å². The predicted octanol–water partition coefficient (Wildman–Crippen LogP) is 7.87. The molecule has 3 heteroatoms. The molecule has 0 atom stereocenters. The predicted molar refractivity (Wildman–Crippen MR) is 126 cm³/mol. The average molecular weight is 421 g/mol. The van der Waals surface area contributed by atoms with Gasteiger partial charge in [0.2, 0.25) is 0 Å². The molecule has 2 N–H and O–H groups in total. The molecular weight excluding hydrogens is 378 g/mol. The molecule has 1 aromatic rings. The van der Waals surface area contributed by atoms with Gasteiger partial charge in [-0.15, -0.1) is 46.0 Å². The number of nitrogens with two attached hydrogens (primary N) is 1. The third kappa shape index (κ3) is 9.09. The van der Waals surface area contributed by atoms with E-state index in [-0.39, 0.29) is 53.6 Å². The fraction of sp³-hybridized carbons (Fsp3) is 0.500. The zero-order valence-corrected chi connectivity index (χ0v) is 22.4. The summed E-state index contributed by atoms with van der Waals surface area (Å²) in [7, 11) is 0.750. The first-order valence-electron chi connectivity index (χ1n) is 8.70. The van der Waals surface area contributed by atoms with Crippen molar-refractivity contribution in [1.82, 2.24) is 0 Å². The number of hydrogen-bond acceptors (Lipinski definition) is 0. The van der Waals surface area contributed by atoms with Gasteiger partial charge in [-0.05, 0) is 17.3 Å². The van der Waals surface area contributed by atoms with Gasteiger partial charge >= 0.3 is 21.7 Å². The molecule has 0 spiro atoms. The summed E-state index contributed by atoms with van der Waals surface area (Å²) < 4.78 is 0. The van der Waals surface area contributed by atoms with Gasteiger partial charge in [0, 0.05) is 9.52 Å². The maximum Gasteiger partial charge on any atom is 4.00 e. The van der Waals surface area contributed by atoms with E-state index >= 15 is 0 Å². The molecule has 0 amide bonds. The Kier molecular flexibility index (Phi) is 17.3. The van der Waals surface area contributed by atoms with Crippen LogP contribution in [-0.4, -0.2) is 9.52 Å². The van der Waals surface area contributed by atoms with Crippen molar-refractivity contribution < 1.29 is 21.7 Å². The number of allylic oxidation sites excluding steroid dienone is 4. The standard InChI is InChI=1S/C20H27.C2H7Si.2CH3.H2N.Ti/c1-14-16(15-10-8-9-11-15)12-13-17(19(2,3)4)18(14)20(5,6)7;1-3-2;;;;/h8-10,13H,11H2,1-7H3;3H,1-2H3;2*1H3;1H2;/q-1;;3*-1;+4. The minimum Gasteiger partial charge on any atom is -0.693 e. The van der Waals surface area contributed by atoms with E-state index < -0.39 is 0 Å². The molecule has 1 nitrogen and oxygen atoms in total. The van der Waals surface area contributed by atoms with Crippen LogP contribution in [0, 0.1) is 27.8 Å².